The fourth-order valence-corrected chi connectivity index (χ4v) is 1.68. The number of benzene rings is 1. The largest absolute Gasteiger partial charge is 1.00 e. The molecule has 0 amide bonds. The SMILES string of the molecule is O=C(OS(=O)(=O)[O-])c1cccc2[nH]ccc12.[Na+]. The average Bonchev–Trinajstić information content (AvgIpc) is 2.61. The first-order chi connectivity index (χ1) is 7.47. The van der Waals surface area contributed by atoms with Crippen LogP contribution < -0.4 is 29.6 Å². The standard InChI is InChI=1S/C9H7NO5S.Na/c11-9(15-16(12,13)14)7-2-1-3-8-6(7)4-5-10-8;/h1-5,10H,(H,12,13,14);/q;+1/p-1. The first-order valence-corrected chi connectivity index (χ1v) is 5.56. The second-order valence-electron chi connectivity index (χ2n) is 3.02. The summed E-state index contributed by atoms with van der Waals surface area (Å²) < 4.78 is 34.6. The zero-order valence-electron chi connectivity index (χ0n) is 8.84. The van der Waals surface area contributed by atoms with E-state index >= 15 is 0 Å². The molecule has 0 fully saturated rings. The summed E-state index contributed by atoms with van der Waals surface area (Å²) in [5.41, 5.74) is 0.677. The predicted molar refractivity (Wildman–Crippen MR) is 53.4 cm³/mol. The van der Waals surface area contributed by atoms with E-state index in [9.17, 15) is 17.8 Å². The molecule has 17 heavy (non-hydrogen) atoms. The molecule has 1 heterocycles. The number of rotatable bonds is 2. The minimum atomic E-state index is -5.03. The third kappa shape index (κ3) is 3.30. The van der Waals surface area contributed by atoms with Crippen LogP contribution >= 0.6 is 0 Å². The van der Waals surface area contributed by atoms with Gasteiger partial charge in [0.05, 0.1) is 5.56 Å². The van der Waals surface area contributed by atoms with Crippen molar-refractivity contribution in [1.29, 1.82) is 0 Å². The summed E-state index contributed by atoms with van der Waals surface area (Å²) in [6.45, 7) is 0. The second-order valence-corrected chi connectivity index (χ2v) is 4.01. The van der Waals surface area contributed by atoms with E-state index in [1.54, 1.807) is 24.4 Å². The third-order valence-corrected chi connectivity index (χ3v) is 2.35. The summed E-state index contributed by atoms with van der Waals surface area (Å²) in [5.74, 6) is -1.18. The fourth-order valence-electron chi connectivity index (χ4n) is 1.40. The quantitative estimate of drug-likeness (QED) is 0.376. The number of hydrogen-bond donors (Lipinski definition) is 1. The van der Waals surface area contributed by atoms with Gasteiger partial charge in [-0.3, -0.25) is 0 Å². The predicted octanol–water partition coefficient (Wildman–Crippen LogP) is -2.21. The van der Waals surface area contributed by atoms with Crippen LogP contribution in [0, 0.1) is 0 Å². The van der Waals surface area contributed by atoms with E-state index in [1.807, 2.05) is 0 Å². The Balaban J connectivity index is 0.00000144. The van der Waals surface area contributed by atoms with E-state index < -0.39 is 16.4 Å². The maximum Gasteiger partial charge on any atom is 1.00 e. The Morgan fingerprint density at radius 2 is 2.00 bits per heavy atom. The van der Waals surface area contributed by atoms with Gasteiger partial charge in [0.2, 0.25) is 0 Å². The molecule has 0 aliphatic rings. The van der Waals surface area contributed by atoms with Crippen LogP contribution in [0.15, 0.2) is 30.5 Å². The number of nitrogens with one attached hydrogen (secondary N) is 1. The Bertz CT molecular complexity index is 648. The van der Waals surface area contributed by atoms with Gasteiger partial charge in [-0.25, -0.2) is 13.2 Å². The molecular weight excluding hydrogens is 257 g/mol. The van der Waals surface area contributed by atoms with Crippen LogP contribution in [0.3, 0.4) is 0 Å². The molecule has 0 aliphatic heterocycles. The molecule has 0 bridgehead atoms. The molecule has 0 atom stereocenters. The zero-order valence-corrected chi connectivity index (χ0v) is 11.7. The van der Waals surface area contributed by atoms with Crippen LogP contribution in [0.1, 0.15) is 10.4 Å². The Labute approximate surface area is 119 Å². The fraction of sp³-hybridized carbons (Fsp3) is 0. The number of H-pyrrole nitrogens is 1. The summed E-state index contributed by atoms with van der Waals surface area (Å²) >= 11 is 0. The first-order valence-electron chi connectivity index (χ1n) is 4.23. The molecule has 0 aliphatic carbocycles. The molecule has 8 heteroatoms. The van der Waals surface area contributed by atoms with Crippen molar-refractivity contribution < 1.29 is 51.5 Å². The molecule has 1 N–H and O–H groups in total. The molecule has 0 saturated heterocycles. The molecule has 0 saturated carbocycles. The van der Waals surface area contributed by atoms with E-state index in [-0.39, 0.29) is 35.1 Å². The van der Waals surface area contributed by atoms with Crippen molar-refractivity contribution in [2.45, 2.75) is 0 Å². The maximum absolute atomic E-state index is 11.4. The van der Waals surface area contributed by atoms with Crippen molar-refractivity contribution in [2.75, 3.05) is 0 Å². The molecule has 84 valence electrons. The van der Waals surface area contributed by atoms with E-state index in [4.69, 9.17) is 0 Å². The van der Waals surface area contributed by atoms with Crippen LogP contribution in [0.2, 0.25) is 0 Å². The third-order valence-electron chi connectivity index (χ3n) is 1.99. The number of fused-ring (bicyclic) bond motifs is 1. The summed E-state index contributed by atoms with van der Waals surface area (Å²) in [5, 5.41) is 0.496. The molecule has 0 unspecified atom stereocenters. The van der Waals surface area contributed by atoms with Crippen LogP contribution in [0.4, 0.5) is 0 Å². The molecule has 2 rings (SSSR count). The van der Waals surface area contributed by atoms with Gasteiger partial charge in [0.25, 0.3) is 10.4 Å². The van der Waals surface area contributed by atoms with E-state index in [2.05, 4.69) is 9.17 Å². The van der Waals surface area contributed by atoms with Gasteiger partial charge in [0.15, 0.2) is 0 Å². The number of carbonyl (C=O) groups excluding carboxylic acids is 1. The summed E-state index contributed by atoms with van der Waals surface area (Å²) in [6, 6.07) is 6.22. The van der Waals surface area contributed by atoms with Crippen molar-refractivity contribution in [3.8, 4) is 0 Å². The van der Waals surface area contributed by atoms with Crippen LogP contribution in [0.25, 0.3) is 10.9 Å². The zero-order chi connectivity index (χ0) is 11.8. The van der Waals surface area contributed by atoms with Gasteiger partial charge in [0, 0.05) is 17.1 Å². The van der Waals surface area contributed by atoms with E-state index in [0.29, 0.717) is 10.9 Å². The van der Waals surface area contributed by atoms with Gasteiger partial charge < -0.3 is 13.7 Å². The Hall–Kier alpha value is -0.860. The van der Waals surface area contributed by atoms with Crippen molar-refractivity contribution in [1.82, 2.24) is 4.98 Å². The number of hydrogen-bond acceptors (Lipinski definition) is 5. The van der Waals surface area contributed by atoms with Gasteiger partial charge in [-0.2, -0.15) is 0 Å². The molecule has 0 spiro atoms. The number of carbonyl (C=O) groups is 1. The van der Waals surface area contributed by atoms with Gasteiger partial charge in [-0.15, -0.1) is 0 Å². The van der Waals surface area contributed by atoms with Crippen LogP contribution in [0.5, 0.6) is 0 Å². The molecule has 1 aromatic heterocycles. The Morgan fingerprint density at radius 1 is 1.29 bits per heavy atom. The van der Waals surface area contributed by atoms with Crippen molar-refractivity contribution in [2.24, 2.45) is 0 Å². The van der Waals surface area contributed by atoms with E-state index in [1.165, 1.54) is 6.07 Å². The monoisotopic (exact) mass is 263 g/mol. The topological polar surface area (TPSA) is 99.3 Å². The minimum absolute atomic E-state index is 0. The average molecular weight is 263 g/mol. The minimum Gasteiger partial charge on any atom is -0.716 e. The molecule has 6 nitrogen and oxygen atoms in total. The molecule has 2 aromatic rings. The summed E-state index contributed by atoms with van der Waals surface area (Å²) in [4.78, 5) is 14.2. The van der Waals surface area contributed by atoms with Crippen molar-refractivity contribution >= 4 is 27.3 Å². The maximum atomic E-state index is 11.4. The molecular formula is C9H6NNaO5S. The van der Waals surface area contributed by atoms with Gasteiger partial charge >= 0.3 is 35.5 Å². The van der Waals surface area contributed by atoms with Crippen molar-refractivity contribution in [3.05, 3.63) is 36.0 Å². The molecule has 1 aromatic carbocycles. The summed E-state index contributed by atoms with van der Waals surface area (Å²) in [6.07, 6.45) is 1.59. The van der Waals surface area contributed by atoms with Gasteiger partial charge in [0.1, 0.15) is 0 Å². The second kappa shape index (κ2) is 5.19. The van der Waals surface area contributed by atoms with Gasteiger partial charge in [-0.1, -0.05) is 6.07 Å². The Morgan fingerprint density at radius 3 is 2.65 bits per heavy atom. The normalized spacial score (nSPS) is 10.9. The Kier molecular flexibility index (Phi) is 4.34. The van der Waals surface area contributed by atoms with Crippen molar-refractivity contribution in [3.63, 3.8) is 0 Å². The van der Waals surface area contributed by atoms with Crippen LogP contribution in [-0.2, 0) is 14.6 Å². The number of aromatic nitrogens is 1. The van der Waals surface area contributed by atoms with Gasteiger partial charge in [-0.05, 0) is 18.2 Å². The smallest absolute Gasteiger partial charge is 0.716 e. The molecule has 0 radical (unpaired) electrons. The van der Waals surface area contributed by atoms with E-state index in [0.717, 1.165) is 0 Å². The first kappa shape index (κ1) is 14.2. The number of aromatic amines is 1. The summed E-state index contributed by atoms with van der Waals surface area (Å²) in [7, 11) is -5.03. The van der Waals surface area contributed by atoms with Crippen LogP contribution in [-0.4, -0.2) is 23.9 Å².